The molecule has 2 atom stereocenters. The van der Waals surface area contributed by atoms with Crippen LogP contribution >= 0.6 is 27.3 Å². The van der Waals surface area contributed by atoms with E-state index in [4.69, 9.17) is 0 Å². The average molecular weight is 290 g/mol. The van der Waals surface area contributed by atoms with Crippen LogP contribution in [-0.2, 0) is 6.42 Å². The molecule has 0 aromatic carbocycles. The molecular weight excluding hydrogens is 274 g/mol. The first kappa shape index (κ1) is 11.6. The Hall–Kier alpha value is 0.1000. The van der Waals surface area contributed by atoms with Gasteiger partial charge in [-0.05, 0) is 52.7 Å². The third-order valence-corrected chi connectivity index (χ3v) is 4.91. The zero-order valence-corrected chi connectivity index (χ0v) is 11.0. The third-order valence-electron chi connectivity index (χ3n) is 2.96. The molecule has 84 valence electrons. The molecule has 0 radical (unpaired) electrons. The smallest absolute Gasteiger partial charge is 0.0629 e. The third kappa shape index (κ3) is 3.03. The molecule has 0 aliphatic carbocycles. The molecule has 1 fully saturated rings. The highest BCUT2D eigenvalue weighted by Crippen LogP contribution is 2.26. The summed E-state index contributed by atoms with van der Waals surface area (Å²) in [6.07, 6.45) is 2.92. The first-order valence-electron chi connectivity index (χ1n) is 5.38. The van der Waals surface area contributed by atoms with E-state index in [0.29, 0.717) is 5.92 Å². The van der Waals surface area contributed by atoms with Gasteiger partial charge in [0.1, 0.15) is 0 Å². The van der Waals surface area contributed by atoms with Crippen molar-refractivity contribution in [3.8, 4) is 0 Å². The number of rotatable bonds is 3. The van der Waals surface area contributed by atoms with Gasteiger partial charge in [-0.1, -0.05) is 0 Å². The van der Waals surface area contributed by atoms with Gasteiger partial charge in [0.2, 0.25) is 0 Å². The van der Waals surface area contributed by atoms with Crippen molar-refractivity contribution in [1.82, 2.24) is 5.32 Å². The van der Waals surface area contributed by atoms with Gasteiger partial charge in [0, 0.05) is 22.3 Å². The maximum absolute atomic E-state index is 10.1. The minimum atomic E-state index is -0.201. The van der Waals surface area contributed by atoms with E-state index in [1.54, 1.807) is 11.3 Å². The van der Waals surface area contributed by atoms with E-state index in [1.807, 2.05) is 6.07 Å². The molecule has 1 saturated heterocycles. The molecule has 1 aromatic heterocycles. The quantitative estimate of drug-likeness (QED) is 0.896. The molecule has 2 heterocycles. The minimum absolute atomic E-state index is 0.201. The predicted octanol–water partition coefficient (Wildman–Crippen LogP) is 2.41. The van der Waals surface area contributed by atoms with Gasteiger partial charge in [-0.15, -0.1) is 11.3 Å². The van der Waals surface area contributed by atoms with Gasteiger partial charge in [-0.25, -0.2) is 0 Å². The zero-order valence-electron chi connectivity index (χ0n) is 8.58. The van der Waals surface area contributed by atoms with Crippen molar-refractivity contribution in [3.63, 3.8) is 0 Å². The molecule has 1 aliphatic heterocycles. The van der Waals surface area contributed by atoms with Crippen molar-refractivity contribution in [2.75, 3.05) is 13.1 Å². The van der Waals surface area contributed by atoms with Gasteiger partial charge >= 0.3 is 0 Å². The minimum Gasteiger partial charge on any atom is -0.392 e. The van der Waals surface area contributed by atoms with Gasteiger partial charge in [0.25, 0.3) is 0 Å². The molecule has 0 amide bonds. The van der Waals surface area contributed by atoms with Crippen molar-refractivity contribution >= 4 is 27.3 Å². The zero-order chi connectivity index (χ0) is 10.7. The predicted molar refractivity (Wildman–Crippen MR) is 67.3 cm³/mol. The summed E-state index contributed by atoms with van der Waals surface area (Å²) < 4.78 is 1.13. The van der Waals surface area contributed by atoms with Crippen molar-refractivity contribution in [2.24, 2.45) is 5.92 Å². The number of hydrogen-bond acceptors (Lipinski definition) is 3. The van der Waals surface area contributed by atoms with Crippen molar-refractivity contribution in [2.45, 2.75) is 25.4 Å². The molecule has 2 nitrogen and oxygen atoms in total. The van der Waals surface area contributed by atoms with Gasteiger partial charge in [0.05, 0.1) is 6.10 Å². The SMILES string of the molecule is OC(Cc1sccc1Br)C1CCCNC1. The van der Waals surface area contributed by atoms with Crippen molar-refractivity contribution < 1.29 is 5.11 Å². The summed E-state index contributed by atoms with van der Waals surface area (Å²) in [5.41, 5.74) is 0. The standard InChI is InChI=1S/C11H16BrNOS/c12-9-3-5-15-11(9)6-10(14)8-2-1-4-13-7-8/h3,5,8,10,13-14H,1-2,4,6-7H2. The Morgan fingerprint density at radius 1 is 1.67 bits per heavy atom. The second-order valence-electron chi connectivity index (χ2n) is 4.07. The molecule has 1 aromatic rings. The Kier molecular flexibility index (Phi) is 4.20. The highest BCUT2D eigenvalue weighted by Gasteiger charge is 2.22. The Bertz CT molecular complexity index is 309. The molecule has 1 aliphatic rings. The van der Waals surface area contributed by atoms with Gasteiger partial charge in [-0.3, -0.25) is 0 Å². The fraction of sp³-hybridized carbons (Fsp3) is 0.636. The fourth-order valence-corrected chi connectivity index (χ4v) is 3.60. The highest BCUT2D eigenvalue weighted by molar-refractivity contribution is 9.10. The molecular formula is C11H16BrNOS. The van der Waals surface area contributed by atoms with Crippen LogP contribution < -0.4 is 5.32 Å². The Morgan fingerprint density at radius 3 is 3.13 bits per heavy atom. The molecule has 0 bridgehead atoms. The summed E-state index contributed by atoms with van der Waals surface area (Å²) in [7, 11) is 0. The van der Waals surface area contributed by atoms with E-state index in [9.17, 15) is 5.11 Å². The van der Waals surface area contributed by atoms with E-state index in [1.165, 1.54) is 11.3 Å². The van der Waals surface area contributed by atoms with Crippen molar-refractivity contribution in [3.05, 3.63) is 20.8 Å². The summed E-state index contributed by atoms with van der Waals surface area (Å²) in [6.45, 7) is 2.07. The van der Waals surface area contributed by atoms with E-state index in [-0.39, 0.29) is 6.10 Å². The fourth-order valence-electron chi connectivity index (χ4n) is 2.03. The van der Waals surface area contributed by atoms with Gasteiger partial charge < -0.3 is 10.4 Å². The summed E-state index contributed by atoms with van der Waals surface area (Å²) in [4.78, 5) is 1.26. The first-order valence-corrected chi connectivity index (χ1v) is 7.05. The number of halogens is 1. The first-order chi connectivity index (χ1) is 7.27. The van der Waals surface area contributed by atoms with Crippen LogP contribution in [0.3, 0.4) is 0 Å². The molecule has 0 saturated carbocycles. The largest absolute Gasteiger partial charge is 0.392 e. The Balaban J connectivity index is 1.91. The number of nitrogens with one attached hydrogen (secondary N) is 1. The Labute approximate surface area is 103 Å². The number of hydrogen-bond donors (Lipinski definition) is 2. The lowest BCUT2D eigenvalue weighted by molar-refractivity contribution is 0.0928. The number of aliphatic hydroxyl groups is 1. The summed E-state index contributed by atoms with van der Waals surface area (Å²) in [6, 6.07) is 2.05. The van der Waals surface area contributed by atoms with Gasteiger partial charge in [0.15, 0.2) is 0 Å². The topological polar surface area (TPSA) is 32.3 Å². The van der Waals surface area contributed by atoms with Crippen LogP contribution in [0.4, 0.5) is 0 Å². The maximum atomic E-state index is 10.1. The molecule has 2 N–H and O–H groups in total. The van der Waals surface area contributed by atoms with Crippen LogP contribution in [0.1, 0.15) is 17.7 Å². The van der Waals surface area contributed by atoms with E-state index < -0.39 is 0 Å². The highest BCUT2D eigenvalue weighted by atomic mass is 79.9. The molecule has 2 unspecified atom stereocenters. The average Bonchev–Trinajstić information content (AvgIpc) is 2.66. The Morgan fingerprint density at radius 2 is 2.53 bits per heavy atom. The summed E-state index contributed by atoms with van der Waals surface area (Å²) in [5.74, 6) is 0.424. The van der Waals surface area contributed by atoms with E-state index in [0.717, 1.165) is 30.4 Å². The second kappa shape index (κ2) is 5.43. The number of aliphatic hydroxyl groups excluding tert-OH is 1. The van der Waals surface area contributed by atoms with E-state index >= 15 is 0 Å². The number of thiophene rings is 1. The molecule has 15 heavy (non-hydrogen) atoms. The van der Waals surface area contributed by atoms with Crippen LogP contribution in [0.5, 0.6) is 0 Å². The van der Waals surface area contributed by atoms with Crippen LogP contribution in [0.25, 0.3) is 0 Å². The van der Waals surface area contributed by atoms with Gasteiger partial charge in [-0.2, -0.15) is 0 Å². The summed E-state index contributed by atoms with van der Waals surface area (Å²) in [5, 5.41) is 15.5. The normalized spacial score (nSPS) is 24.0. The lowest BCUT2D eigenvalue weighted by Crippen LogP contribution is -2.37. The van der Waals surface area contributed by atoms with Crippen molar-refractivity contribution in [1.29, 1.82) is 0 Å². The lowest BCUT2D eigenvalue weighted by Gasteiger charge is -2.27. The lowest BCUT2D eigenvalue weighted by atomic mass is 9.92. The van der Waals surface area contributed by atoms with Crippen LogP contribution in [0.2, 0.25) is 0 Å². The van der Waals surface area contributed by atoms with Crippen LogP contribution in [0, 0.1) is 5.92 Å². The van der Waals surface area contributed by atoms with E-state index in [2.05, 4.69) is 26.6 Å². The summed E-state index contributed by atoms with van der Waals surface area (Å²) >= 11 is 5.22. The maximum Gasteiger partial charge on any atom is 0.0629 e. The monoisotopic (exact) mass is 289 g/mol. The van der Waals surface area contributed by atoms with Crippen LogP contribution in [-0.4, -0.2) is 24.3 Å². The molecule has 2 rings (SSSR count). The van der Waals surface area contributed by atoms with Crippen LogP contribution in [0.15, 0.2) is 15.9 Å². The number of piperidine rings is 1. The second-order valence-corrected chi connectivity index (χ2v) is 5.92. The molecule has 4 heteroatoms. The molecule has 0 spiro atoms.